The van der Waals surface area contributed by atoms with Crippen LogP contribution in [0.4, 0.5) is 0 Å². The van der Waals surface area contributed by atoms with Crippen molar-refractivity contribution in [3.63, 3.8) is 0 Å². The Morgan fingerprint density at radius 2 is 0.655 bits per heavy atom. The molecule has 0 bridgehead atoms. The SMILES string of the molecule is CCC(COC(=O)C(C)C(=O)OC)OC.CCC(COC(=O)C(C)C(C)=O)OC.CCC(COC)OC(=O)C(C)C(=O)OC.CCC(COC)OC(=O)C(C)C(C)=O. The number of esters is 6. The summed E-state index contributed by atoms with van der Waals surface area (Å²) in [5.41, 5.74) is 0. The maximum absolute atomic E-state index is 11.4. The molecule has 0 N–H and O–H groups in total. The Hall–Kier alpha value is -4.00. The summed E-state index contributed by atoms with van der Waals surface area (Å²) in [6.45, 7) is 17.4. The van der Waals surface area contributed by atoms with Crippen LogP contribution in [0.2, 0.25) is 0 Å². The van der Waals surface area contributed by atoms with E-state index < -0.39 is 59.5 Å². The van der Waals surface area contributed by atoms with Gasteiger partial charge in [0, 0.05) is 28.4 Å². The maximum Gasteiger partial charge on any atom is 0.320 e. The van der Waals surface area contributed by atoms with Gasteiger partial charge in [-0.05, 0) is 67.2 Å². The van der Waals surface area contributed by atoms with Gasteiger partial charge in [0.2, 0.25) is 0 Å². The van der Waals surface area contributed by atoms with Crippen LogP contribution in [-0.4, -0.2) is 141 Å². The summed E-state index contributed by atoms with van der Waals surface area (Å²) >= 11 is 0. The molecular formula is C40H72O18. The van der Waals surface area contributed by atoms with Gasteiger partial charge in [0.15, 0.2) is 11.8 Å². The summed E-state index contributed by atoms with van der Waals surface area (Å²) in [7, 11) is 8.65. The Bertz CT molecular complexity index is 1180. The van der Waals surface area contributed by atoms with Gasteiger partial charge in [-0.2, -0.15) is 0 Å². The fourth-order valence-corrected chi connectivity index (χ4v) is 3.56. The van der Waals surface area contributed by atoms with Crippen molar-refractivity contribution in [1.29, 1.82) is 0 Å². The minimum absolute atomic E-state index is 0.0851. The zero-order valence-corrected chi connectivity index (χ0v) is 37.6. The van der Waals surface area contributed by atoms with Gasteiger partial charge in [0.05, 0.1) is 39.6 Å². The van der Waals surface area contributed by atoms with Crippen LogP contribution in [0.5, 0.6) is 0 Å². The van der Waals surface area contributed by atoms with Gasteiger partial charge >= 0.3 is 35.8 Å². The number of hydrogen-bond donors (Lipinski definition) is 0. The van der Waals surface area contributed by atoms with Crippen molar-refractivity contribution in [2.45, 2.75) is 119 Å². The molecular weight excluding hydrogens is 768 g/mol. The van der Waals surface area contributed by atoms with Gasteiger partial charge in [0.25, 0.3) is 0 Å². The summed E-state index contributed by atoms with van der Waals surface area (Å²) in [5.74, 6) is -6.78. The highest BCUT2D eigenvalue weighted by atomic mass is 16.6. The number of ketones is 2. The first-order valence-corrected chi connectivity index (χ1v) is 19.1. The van der Waals surface area contributed by atoms with Gasteiger partial charge in [-0.25, -0.2) is 0 Å². The Balaban J connectivity index is -0.000000335. The molecule has 8 atom stereocenters. The summed E-state index contributed by atoms with van der Waals surface area (Å²) < 4.78 is 48.6. The molecule has 0 aliphatic carbocycles. The van der Waals surface area contributed by atoms with Crippen molar-refractivity contribution in [1.82, 2.24) is 0 Å². The third-order valence-corrected chi connectivity index (χ3v) is 8.33. The van der Waals surface area contributed by atoms with Crippen molar-refractivity contribution in [2.75, 3.05) is 69.1 Å². The molecule has 0 saturated heterocycles. The van der Waals surface area contributed by atoms with Gasteiger partial charge in [-0.3, -0.25) is 38.4 Å². The molecule has 0 amide bonds. The van der Waals surface area contributed by atoms with Crippen LogP contribution < -0.4 is 0 Å². The molecule has 0 aliphatic rings. The highest BCUT2D eigenvalue weighted by Crippen LogP contribution is 2.08. The predicted molar refractivity (Wildman–Crippen MR) is 210 cm³/mol. The number of carbonyl (C=O) groups excluding carboxylic acids is 8. The highest BCUT2D eigenvalue weighted by molar-refractivity contribution is 5.98. The molecule has 0 heterocycles. The van der Waals surface area contributed by atoms with Crippen LogP contribution in [0.15, 0.2) is 0 Å². The Morgan fingerprint density at radius 1 is 0.379 bits per heavy atom. The smallest absolute Gasteiger partial charge is 0.320 e. The molecule has 0 saturated carbocycles. The Morgan fingerprint density at radius 3 is 0.914 bits per heavy atom. The average Bonchev–Trinajstić information content (AvgIpc) is 3.22. The molecule has 58 heavy (non-hydrogen) atoms. The highest BCUT2D eigenvalue weighted by Gasteiger charge is 2.27. The van der Waals surface area contributed by atoms with Crippen molar-refractivity contribution >= 4 is 47.4 Å². The van der Waals surface area contributed by atoms with Crippen LogP contribution in [-0.2, 0) is 85.7 Å². The molecule has 18 heteroatoms. The first-order valence-electron chi connectivity index (χ1n) is 19.1. The van der Waals surface area contributed by atoms with Crippen LogP contribution in [0, 0.1) is 23.7 Å². The molecule has 0 rings (SSSR count). The van der Waals surface area contributed by atoms with E-state index in [4.69, 9.17) is 37.9 Å². The van der Waals surface area contributed by atoms with E-state index in [1.54, 1.807) is 35.2 Å². The van der Waals surface area contributed by atoms with Gasteiger partial charge in [0.1, 0.15) is 48.8 Å². The fraction of sp³-hybridized carbons (Fsp3) is 0.800. The summed E-state index contributed by atoms with van der Waals surface area (Å²) in [6.07, 6.45) is 2.08. The number of hydrogen-bond acceptors (Lipinski definition) is 18. The van der Waals surface area contributed by atoms with E-state index in [1.165, 1.54) is 49.0 Å². The minimum atomic E-state index is -0.888. The summed E-state index contributed by atoms with van der Waals surface area (Å²) in [5, 5.41) is 0. The van der Waals surface area contributed by atoms with Crippen LogP contribution in [0.3, 0.4) is 0 Å². The van der Waals surface area contributed by atoms with Gasteiger partial charge in [-0.1, -0.05) is 27.7 Å². The Kier molecular flexibility index (Phi) is 39.0. The van der Waals surface area contributed by atoms with Gasteiger partial charge in [-0.15, -0.1) is 0 Å². The molecule has 0 fully saturated rings. The van der Waals surface area contributed by atoms with Crippen molar-refractivity contribution in [3.05, 3.63) is 0 Å². The van der Waals surface area contributed by atoms with Gasteiger partial charge < -0.3 is 47.4 Å². The maximum atomic E-state index is 11.4. The van der Waals surface area contributed by atoms with Crippen LogP contribution in [0.25, 0.3) is 0 Å². The third-order valence-electron chi connectivity index (χ3n) is 8.33. The van der Waals surface area contributed by atoms with E-state index in [9.17, 15) is 38.4 Å². The number of carbonyl (C=O) groups is 8. The number of methoxy groups -OCH3 is 6. The van der Waals surface area contributed by atoms with Crippen molar-refractivity contribution < 1.29 is 85.7 Å². The molecule has 340 valence electrons. The lowest BCUT2D eigenvalue weighted by Gasteiger charge is -2.17. The van der Waals surface area contributed by atoms with E-state index >= 15 is 0 Å². The number of Topliss-reactive ketones (excluding diaryl/α,β-unsaturated/α-hetero) is 2. The molecule has 0 spiro atoms. The molecule has 0 aromatic rings. The molecule has 18 nitrogen and oxygen atoms in total. The second-order valence-corrected chi connectivity index (χ2v) is 12.8. The largest absolute Gasteiger partial charge is 0.468 e. The lowest BCUT2D eigenvalue weighted by atomic mass is 10.1. The Labute approximate surface area is 344 Å². The number of rotatable bonds is 24. The van der Waals surface area contributed by atoms with Crippen molar-refractivity contribution in [3.8, 4) is 0 Å². The van der Waals surface area contributed by atoms with E-state index in [0.717, 1.165) is 12.8 Å². The van der Waals surface area contributed by atoms with E-state index in [2.05, 4.69) is 9.47 Å². The second-order valence-electron chi connectivity index (χ2n) is 12.8. The fourth-order valence-electron chi connectivity index (χ4n) is 3.56. The summed E-state index contributed by atoms with van der Waals surface area (Å²) in [4.78, 5) is 89.0. The average molecular weight is 841 g/mol. The molecule has 0 radical (unpaired) electrons. The lowest BCUT2D eigenvalue weighted by molar-refractivity contribution is -0.165. The van der Waals surface area contributed by atoms with Crippen LogP contribution in [0.1, 0.15) is 94.9 Å². The zero-order valence-electron chi connectivity index (χ0n) is 37.6. The quantitative estimate of drug-likeness (QED) is 0.0763. The first kappa shape index (κ1) is 60.7. The van der Waals surface area contributed by atoms with Crippen molar-refractivity contribution in [2.24, 2.45) is 23.7 Å². The minimum Gasteiger partial charge on any atom is -0.468 e. The van der Waals surface area contributed by atoms with E-state index in [1.807, 2.05) is 27.7 Å². The molecule has 0 aromatic carbocycles. The summed E-state index contributed by atoms with van der Waals surface area (Å²) in [6, 6.07) is 0. The zero-order chi connectivity index (χ0) is 46.0. The molecule has 0 aromatic heterocycles. The predicted octanol–water partition coefficient (Wildman–Crippen LogP) is 3.89. The normalized spacial score (nSPS) is 14.3. The molecule has 0 aliphatic heterocycles. The number of ether oxygens (including phenoxy) is 10. The first-order chi connectivity index (χ1) is 27.2. The monoisotopic (exact) mass is 840 g/mol. The van der Waals surface area contributed by atoms with E-state index in [-0.39, 0.29) is 49.2 Å². The molecule has 8 unspecified atom stereocenters. The second kappa shape index (κ2) is 37.3. The topological polar surface area (TPSA) is 229 Å². The van der Waals surface area contributed by atoms with Crippen LogP contribution >= 0.6 is 0 Å². The van der Waals surface area contributed by atoms with E-state index in [0.29, 0.717) is 26.1 Å². The lowest BCUT2D eigenvalue weighted by Crippen LogP contribution is -2.30. The third kappa shape index (κ3) is 29.2. The standard InChI is InChI=1S/2C10H18O5.2C10H18O4/c1-5-8(13-3)6-15-10(12)7(2)9(11)14-4;1-5-8(6-13-3)15-10(12)7(2)9(11)14-4;1-5-9(13-4)6-14-10(12)7(2)8(3)11;1-5-9(6-13-4)14-10(12)7(2)8(3)11/h2*7-8H,5-6H2,1-4H3;2*7,9H,5-6H2,1-4H3.